The number of rotatable bonds is 5. The Morgan fingerprint density at radius 1 is 1.32 bits per heavy atom. The van der Waals surface area contributed by atoms with Crippen LogP contribution in [-0.2, 0) is 5.41 Å². The molecule has 1 fully saturated rings. The van der Waals surface area contributed by atoms with Crippen LogP contribution in [0.1, 0.15) is 52.8 Å². The van der Waals surface area contributed by atoms with Crippen molar-refractivity contribution in [1.82, 2.24) is 9.97 Å². The minimum atomic E-state index is -0.0179. The van der Waals surface area contributed by atoms with Gasteiger partial charge in [0.05, 0.1) is 0 Å². The Morgan fingerprint density at radius 3 is 2.53 bits per heavy atom. The molecule has 3 nitrogen and oxygen atoms in total. The Balaban J connectivity index is 2.27. The SMILES string of the molecule is CCCN(CC1CC1)c1cc(Br)nc(C(C)(C)C)n1. The van der Waals surface area contributed by atoms with Crippen LogP contribution in [0.2, 0.25) is 0 Å². The molecule has 4 heteroatoms. The van der Waals surface area contributed by atoms with Crippen molar-refractivity contribution in [3.63, 3.8) is 0 Å². The van der Waals surface area contributed by atoms with Crippen LogP contribution in [0.5, 0.6) is 0 Å². The minimum Gasteiger partial charge on any atom is -0.356 e. The average Bonchev–Trinajstić information content (AvgIpc) is 3.10. The maximum atomic E-state index is 4.79. The van der Waals surface area contributed by atoms with E-state index >= 15 is 0 Å². The van der Waals surface area contributed by atoms with Crippen molar-refractivity contribution >= 4 is 21.7 Å². The lowest BCUT2D eigenvalue weighted by Gasteiger charge is -2.25. The van der Waals surface area contributed by atoms with Gasteiger partial charge in [-0.05, 0) is 41.1 Å². The van der Waals surface area contributed by atoms with E-state index in [9.17, 15) is 0 Å². The molecular formula is C15H24BrN3. The van der Waals surface area contributed by atoms with Crippen LogP contribution in [-0.4, -0.2) is 23.1 Å². The largest absolute Gasteiger partial charge is 0.356 e. The topological polar surface area (TPSA) is 29.0 Å². The van der Waals surface area contributed by atoms with Crippen molar-refractivity contribution < 1.29 is 0 Å². The van der Waals surface area contributed by atoms with Gasteiger partial charge in [0.1, 0.15) is 16.2 Å². The number of aromatic nitrogens is 2. The summed E-state index contributed by atoms with van der Waals surface area (Å²) in [6, 6.07) is 2.05. The van der Waals surface area contributed by atoms with Crippen LogP contribution >= 0.6 is 15.9 Å². The summed E-state index contributed by atoms with van der Waals surface area (Å²) in [7, 11) is 0. The molecule has 0 aliphatic heterocycles. The van der Waals surface area contributed by atoms with Gasteiger partial charge < -0.3 is 4.90 Å². The average molecular weight is 326 g/mol. The van der Waals surface area contributed by atoms with Gasteiger partial charge in [-0.3, -0.25) is 0 Å². The van der Waals surface area contributed by atoms with Crippen molar-refractivity contribution in [2.24, 2.45) is 5.92 Å². The van der Waals surface area contributed by atoms with Gasteiger partial charge in [0.25, 0.3) is 0 Å². The van der Waals surface area contributed by atoms with Crippen LogP contribution in [0.3, 0.4) is 0 Å². The van der Waals surface area contributed by atoms with E-state index in [0.29, 0.717) is 0 Å². The van der Waals surface area contributed by atoms with E-state index in [4.69, 9.17) is 4.98 Å². The molecule has 0 saturated heterocycles. The second kappa shape index (κ2) is 5.78. The van der Waals surface area contributed by atoms with E-state index in [2.05, 4.69) is 53.5 Å². The van der Waals surface area contributed by atoms with Gasteiger partial charge in [-0.2, -0.15) is 0 Å². The standard InChI is InChI=1S/C15H24BrN3/c1-5-8-19(10-11-6-7-11)13-9-12(16)17-14(18-13)15(2,3)4/h9,11H,5-8,10H2,1-4H3. The van der Waals surface area contributed by atoms with E-state index in [1.54, 1.807) is 0 Å². The Hall–Kier alpha value is -0.640. The van der Waals surface area contributed by atoms with Crippen molar-refractivity contribution in [2.45, 2.75) is 52.4 Å². The molecule has 0 bridgehead atoms. The fraction of sp³-hybridized carbons (Fsp3) is 0.733. The van der Waals surface area contributed by atoms with E-state index in [0.717, 1.165) is 41.7 Å². The molecule has 1 heterocycles. The van der Waals surface area contributed by atoms with Gasteiger partial charge in [-0.1, -0.05) is 27.7 Å². The molecule has 0 amide bonds. The van der Waals surface area contributed by atoms with Gasteiger partial charge in [0.15, 0.2) is 0 Å². The first-order valence-electron chi connectivity index (χ1n) is 7.20. The molecule has 1 aromatic rings. The quantitative estimate of drug-likeness (QED) is 0.761. The second-order valence-electron chi connectivity index (χ2n) is 6.51. The van der Waals surface area contributed by atoms with Gasteiger partial charge in [0.2, 0.25) is 0 Å². The maximum absolute atomic E-state index is 4.79. The predicted molar refractivity (Wildman–Crippen MR) is 83.7 cm³/mol. The molecule has 0 spiro atoms. The third-order valence-corrected chi connectivity index (χ3v) is 3.75. The van der Waals surface area contributed by atoms with Crippen LogP contribution in [0.15, 0.2) is 10.7 Å². The van der Waals surface area contributed by atoms with E-state index < -0.39 is 0 Å². The predicted octanol–water partition coefficient (Wildman–Crippen LogP) is 4.16. The van der Waals surface area contributed by atoms with Gasteiger partial charge in [-0.25, -0.2) is 9.97 Å². The van der Waals surface area contributed by atoms with Crippen LogP contribution < -0.4 is 4.90 Å². The highest BCUT2D eigenvalue weighted by Gasteiger charge is 2.26. The molecule has 106 valence electrons. The molecule has 0 N–H and O–H groups in total. The summed E-state index contributed by atoms with van der Waals surface area (Å²) in [6.07, 6.45) is 3.90. The molecule has 1 aliphatic carbocycles. The third kappa shape index (κ3) is 4.16. The smallest absolute Gasteiger partial charge is 0.137 e. The molecule has 0 unspecified atom stereocenters. The first kappa shape index (κ1) is 14.8. The molecule has 1 aromatic heterocycles. The second-order valence-corrected chi connectivity index (χ2v) is 7.32. The fourth-order valence-electron chi connectivity index (χ4n) is 2.08. The van der Waals surface area contributed by atoms with Crippen LogP contribution in [0.4, 0.5) is 5.82 Å². The summed E-state index contributed by atoms with van der Waals surface area (Å²) in [4.78, 5) is 11.7. The Bertz CT molecular complexity index is 436. The molecule has 0 aromatic carbocycles. The van der Waals surface area contributed by atoms with Crippen molar-refractivity contribution in [3.8, 4) is 0 Å². The summed E-state index contributed by atoms with van der Waals surface area (Å²) in [5.41, 5.74) is -0.0179. The van der Waals surface area contributed by atoms with E-state index in [1.165, 1.54) is 12.8 Å². The van der Waals surface area contributed by atoms with Gasteiger partial charge in [-0.15, -0.1) is 0 Å². The molecule has 1 saturated carbocycles. The van der Waals surface area contributed by atoms with Crippen molar-refractivity contribution in [2.75, 3.05) is 18.0 Å². The molecule has 0 radical (unpaired) electrons. The lowest BCUT2D eigenvalue weighted by atomic mass is 9.96. The molecular weight excluding hydrogens is 302 g/mol. The Labute approximate surface area is 125 Å². The first-order chi connectivity index (χ1) is 8.90. The Kier molecular flexibility index (Phi) is 4.49. The molecule has 0 atom stereocenters. The monoisotopic (exact) mass is 325 g/mol. The number of hydrogen-bond donors (Lipinski definition) is 0. The summed E-state index contributed by atoms with van der Waals surface area (Å²) in [5.74, 6) is 2.85. The Morgan fingerprint density at radius 2 is 2.00 bits per heavy atom. The van der Waals surface area contributed by atoms with Crippen LogP contribution in [0, 0.1) is 5.92 Å². The zero-order valence-corrected chi connectivity index (χ0v) is 14.0. The third-order valence-electron chi connectivity index (χ3n) is 3.35. The minimum absolute atomic E-state index is 0.0179. The highest BCUT2D eigenvalue weighted by atomic mass is 79.9. The number of hydrogen-bond acceptors (Lipinski definition) is 3. The normalized spacial score (nSPS) is 15.6. The zero-order valence-electron chi connectivity index (χ0n) is 12.4. The molecule has 19 heavy (non-hydrogen) atoms. The van der Waals surface area contributed by atoms with Gasteiger partial charge >= 0.3 is 0 Å². The van der Waals surface area contributed by atoms with Crippen molar-refractivity contribution in [3.05, 3.63) is 16.5 Å². The number of halogens is 1. The summed E-state index contributed by atoms with van der Waals surface area (Å²) >= 11 is 3.53. The molecule has 2 rings (SSSR count). The summed E-state index contributed by atoms with van der Waals surface area (Å²) < 4.78 is 0.888. The highest BCUT2D eigenvalue weighted by Crippen LogP contribution is 2.32. The fourth-order valence-corrected chi connectivity index (χ4v) is 2.46. The molecule has 1 aliphatic rings. The number of nitrogens with zero attached hydrogens (tertiary/aromatic N) is 3. The van der Waals surface area contributed by atoms with Crippen LogP contribution in [0.25, 0.3) is 0 Å². The maximum Gasteiger partial charge on any atom is 0.137 e. The first-order valence-corrected chi connectivity index (χ1v) is 7.99. The van der Waals surface area contributed by atoms with E-state index in [1.807, 2.05) is 6.07 Å². The summed E-state index contributed by atoms with van der Waals surface area (Å²) in [6.45, 7) is 10.9. The zero-order chi connectivity index (χ0) is 14.0. The van der Waals surface area contributed by atoms with Gasteiger partial charge in [0, 0.05) is 24.6 Å². The van der Waals surface area contributed by atoms with Crippen molar-refractivity contribution in [1.29, 1.82) is 0 Å². The summed E-state index contributed by atoms with van der Waals surface area (Å²) in [5, 5.41) is 0. The highest BCUT2D eigenvalue weighted by molar-refractivity contribution is 9.10. The van der Waals surface area contributed by atoms with E-state index in [-0.39, 0.29) is 5.41 Å². The number of anilines is 1. The lowest BCUT2D eigenvalue weighted by Crippen LogP contribution is -2.29. The lowest BCUT2D eigenvalue weighted by molar-refractivity contribution is 0.541.